The van der Waals surface area contributed by atoms with Gasteiger partial charge in [-0.25, -0.2) is 9.69 Å². The highest BCUT2D eigenvalue weighted by atomic mass is 16.6. The molecule has 1 amide bonds. The highest BCUT2D eigenvalue weighted by molar-refractivity contribution is 5.88. The van der Waals surface area contributed by atoms with Crippen LogP contribution in [0.3, 0.4) is 0 Å². The molecule has 0 N–H and O–H groups in total. The summed E-state index contributed by atoms with van der Waals surface area (Å²) in [6.45, 7) is 0.471. The van der Waals surface area contributed by atoms with Crippen LogP contribution in [-0.2, 0) is 14.2 Å². The van der Waals surface area contributed by atoms with Crippen molar-refractivity contribution in [2.24, 2.45) is 5.92 Å². The number of nitrogens with zero attached hydrogens (tertiary/aromatic N) is 2. The minimum atomic E-state index is -0.490. The van der Waals surface area contributed by atoms with Crippen molar-refractivity contribution in [3.05, 3.63) is 90.1 Å². The first-order valence-corrected chi connectivity index (χ1v) is 12.8. The molecule has 7 nitrogen and oxygen atoms in total. The number of hydrogen-bond acceptors (Lipinski definition) is 6. The zero-order valence-electron chi connectivity index (χ0n) is 20.9. The number of methoxy groups -OCH3 is 1. The van der Waals surface area contributed by atoms with Gasteiger partial charge in [0.15, 0.2) is 12.0 Å². The lowest BCUT2D eigenvalue weighted by Crippen LogP contribution is -2.38. The Morgan fingerprint density at radius 3 is 2.89 bits per heavy atom. The standard InChI is InChI=1S/C30H30N2O5/c1-34-24-9-10-26-25(17-24)22(13-16-31-26)8-7-21-11-14-30(15-12-21)20-32(29(33)37-30)28-19-35-18-27(36-28)23-5-3-2-4-6-23/h2-3,5,7-10,13,16-19,21H,4,6,11-12,14-15,20H2,1H3/b8-7+. The molecule has 37 heavy (non-hydrogen) atoms. The fourth-order valence-electron chi connectivity index (χ4n) is 5.45. The predicted octanol–water partition coefficient (Wildman–Crippen LogP) is 6.60. The Kier molecular flexibility index (Phi) is 6.20. The van der Waals surface area contributed by atoms with E-state index in [4.69, 9.17) is 18.9 Å². The summed E-state index contributed by atoms with van der Waals surface area (Å²) in [5.41, 5.74) is 2.64. The summed E-state index contributed by atoms with van der Waals surface area (Å²) < 4.78 is 23.0. The lowest BCUT2D eigenvalue weighted by Gasteiger charge is -2.34. The van der Waals surface area contributed by atoms with Gasteiger partial charge in [-0.2, -0.15) is 0 Å². The highest BCUT2D eigenvalue weighted by Gasteiger charge is 2.49. The van der Waals surface area contributed by atoms with Crippen molar-refractivity contribution >= 4 is 23.1 Å². The molecule has 6 rings (SSSR count). The van der Waals surface area contributed by atoms with Crippen LogP contribution >= 0.6 is 0 Å². The van der Waals surface area contributed by atoms with E-state index in [2.05, 4.69) is 23.2 Å². The first-order valence-electron chi connectivity index (χ1n) is 12.8. The fourth-order valence-corrected chi connectivity index (χ4v) is 5.45. The Balaban J connectivity index is 1.09. The zero-order valence-corrected chi connectivity index (χ0v) is 20.9. The number of benzene rings is 1. The van der Waals surface area contributed by atoms with E-state index < -0.39 is 5.60 Å². The first kappa shape index (κ1) is 23.4. The summed E-state index contributed by atoms with van der Waals surface area (Å²) in [6.07, 6.45) is 20.5. The van der Waals surface area contributed by atoms with Crippen LogP contribution in [0.25, 0.3) is 17.0 Å². The van der Waals surface area contributed by atoms with Crippen molar-refractivity contribution in [2.75, 3.05) is 13.7 Å². The van der Waals surface area contributed by atoms with E-state index in [0.717, 1.165) is 66.3 Å². The van der Waals surface area contributed by atoms with Gasteiger partial charge in [0.05, 0.1) is 19.2 Å². The van der Waals surface area contributed by atoms with E-state index in [-0.39, 0.29) is 6.09 Å². The molecule has 1 aromatic heterocycles. The van der Waals surface area contributed by atoms with Gasteiger partial charge in [0.25, 0.3) is 0 Å². The highest BCUT2D eigenvalue weighted by Crippen LogP contribution is 2.42. The average molecular weight is 499 g/mol. The van der Waals surface area contributed by atoms with Crippen molar-refractivity contribution < 1.29 is 23.7 Å². The van der Waals surface area contributed by atoms with E-state index in [9.17, 15) is 4.79 Å². The first-order chi connectivity index (χ1) is 18.1. The lowest BCUT2D eigenvalue weighted by molar-refractivity contribution is 0.0183. The molecule has 2 aliphatic carbocycles. The number of ether oxygens (including phenoxy) is 4. The molecule has 0 radical (unpaired) electrons. The SMILES string of the molecule is COc1ccc2nccc(/C=C/C3CCC4(CC3)CN(C3=COC=C(C5=CC=CCC5)O3)C(=O)O4)c2c1. The van der Waals surface area contributed by atoms with Crippen LogP contribution < -0.4 is 4.74 Å². The molecule has 190 valence electrons. The molecule has 4 aliphatic rings. The molecule has 1 saturated heterocycles. The molecular weight excluding hydrogens is 468 g/mol. The molecule has 2 aliphatic heterocycles. The molecule has 0 atom stereocenters. The van der Waals surface area contributed by atoms with Crippen LogP contribution in [0.4, 0.5) is 4.79 Å². The van der Waals surface area contributed by atoms with Crippen molar-refractivity contribution in [1.29, 1.82) is 0 Å². The summed E-state index contributed by atoms with van der Waals surface area (Å²) in [5.74, 6) is 2.27. The van der Waals surface area contributed by atoms with E-state index >= 15 is 0 Å². The minimum absolute atomic E-state index is 0.375. The third kappa shape index (κ3) is 4.73. The summed E-state index contributed by atoms with van der Waals surface area (Å²) in [5, 5.41) is 1.07. The zero-order chi connectivity index (χ0) is 25.2. The quantitative estimate of drug-likeness (QED) is 0.463. The number of hydrogen-bond donors (Lipinski definition) is 0. The Labute approximate surface area is 216 Å². The third-order valence-corrected chi connectivity index (χ3v) is 7.60. The van der Waals surface area contributed by atoms with Crippen LogP contribution in [0.2, 0.25) is 0 Å². The summed E-state index contributed by atoms with van der Waals surface area (Å²) in [7, 11) is 1.67. The normalized spacial score (nSPS) is 25.4. The summed E-state index contributed by atoms with van der Waals surface area (Å²) in [6, 6.07) is 7.96. The summed E-state index contributed by atoms with van der Waals surface area (Å²) in [4.78, 5) is 18.9. The van der Waals surface area contributed by atoms with Gasteiger partial charge in [-0.05, 0) is 79.8 Å². The topological polar surface area (TPSA) is 70.1 Å². The molecule has 0 bridgehead atoms. The smallest absolute Gasteiger partial charge is 0.417 e. The van der Waals surface area contributed by atoms with E-state index in [1.54, 1.807) is 18.3 Å². The van der Waals surface area contributed by atoms with E-state index in [1.165, 1.54) is 6.26 Å². The average Bonchev–Trinajstić information content (AvgIpc) is 3.28. The molecular formula is C30H30N2O5. The molecule has 1 saturated carbocycles. The van der Waals surface area contributed by atoms with Crippen LogP contribution in [0.5, 0.6) is 5.75 Å². The second-order valence-corrected chi connectivity index (χ2v) is 9.95. The number of rotatable bonds is 5. The van der Waals surface area contributed by atoms with Gasteiger partial charge in [0, 0.05) is 11.6 Å². The Bertz CT molecular complexity index is 1360. The van der Waals surface area contributed by atoms with Crippen molar-refractivity contribution in [3.63, 3.8) is 0 Å². The van der Waals surface area contributed by atoms with Crippen molar-refractivity contribution in [1.82, 2.24) is 9.88 Å². The van der Waals surface area contributed by atoms with E-state index in [1.807, 2.05) is 42.6 Å². The number of aromatic nitrogens is 1. The maximum Gasteiger partial charge on any atom is 0.417 e. The van der Waals surface area contributed by atoms with Crippen LogP contribution in [0, 0.1) is 5.92 Å². The second-order valence-electron chi connectivity index (χ2n) is 9.95. The largest absolute Gasteiger partial charge is 0.497 e. The molecule has 3 heterocycles. The Morgan fingerprint density at radius 2 is 2.08 bits per heavy atom. The third-order valence-electron chi connectivity index (χ3n) is 7.60. The molecule has 2 aromatic rings. The van der Waals surface area contributed by atoms with Gasteiger partial charge in [0.2, 0.25) is 5.88 Å². The van der Waals surface area contributed by atoms with Gasteiger partial charge in [-0.1, -0.05) is 30.4 Å². The fraction of sp³-hybridized carbons (Fsp3) is 0.333. The molecule has 1 spiro atoms. The number of allylic oxidation sites excluding steroid dienone is 5. The number of amides is 1. The maximum absolute atomic E-state index is 12.9. The van der Waals surface area contributed by atoms with Crippen molar-refractivity contribution in [2.45, 2.75) is 44.1 Å². The Morgan fingerprint density at radius 1 is 1.19 bits per heavy atom. The van der Waals surface area contributed by atoms with E-state index in [0.29, 0.717) is 24.1 Å². The van der Waals surface area contributed by atoms with Gasteiger partial charge in [-0.15, -0.1) is 0 Å². The Hall–Kier alpha value is -4.00. The van der Waals surface area contributed by atoms with Gasteiger partial charge >= 0.3 is 6.09 Å². The maximum atomic E-state index is 12.9. The van der Waals surface area contributed by atoms with Gasteiger partial charge in [0.1, 0.15) is 17.6 Å². The van der Waals surface area contributed by atoms with Gasteiger partial charge < -0.3 is 18.9 Å². The van der Waals surface area contributed by atoms with Crippen LogP contribution in [-0.4, -0.2) is 35.2 Å². The second kappa shape index (κ2) is 9.81. The molecule has 0 unspecified atom stereocenters. The number of carbonyl (C=O) groups excluding carboxylic acids is 1. The van der Waals surface area contributed by atoms with Crippen molar-refractivity contribution in [3.8, 4) is 5.75 Å². The lowest BCUT2D eigenvalue weighted by atomic mass is 9.78. The number of pyridine rings is 1. The van der Waals surface area contributed by atoms with Crippen LogP contribution in [0.15, 0.2) is 84.5 Å². The predicted molar refractivity (Wildman–Crippen MR) is 140 cm³/mol. The van der Waals surface area contributed by atoms with Crippen LogP contribution in [0.1, 0.15) is 44.1 Å². The molecule has 2 fully saturated rings. The number of carbonyl (C=O) groups is 1. The monoisotopic (exact) mass is 498 g/mol. The molecule has 1 aromatic carbocycles. The number of fused-ring (bicyclic) bond motifs is 1. The minimum Gasteiger partial charge on any atom is -0.497 e. The van der Waals surface area contributed by atoms with Gasteiger partial charge in [-0.3, -0.25) is 4.98 Å². The summed E-state index contributed by atoms with van der Waals surface area (Å²) >= 11 is 0. The molecule has 7 heteroatoms.